The van der Waals surface area contributed by atoms with Crippen molar-refractivity contribution in [3.8, 4) is 0 Å². The molecule has 7 heteroatoms. The quantitative estimate of drug-likeness (QED) is 0.446. The number of anilines is 1. The van der Waals surface area contributed by atoms with Gasteiger partial charge in [0.1, 0.15) is 0 Å². The van der Waals surface area contributed by atoms with Crippen molar-refractivity contribution >= 4 is 39.4 Å². The lowest BCUT2D eigenvalue weighted by Crippen LogP contribution is -2.41. The predicted octanol–water partition coefficient (Wildman–Crippen LogP) is 4.90. The minimum atomic E-state index is -0.353. The van der Waals surface area contributed by atoms with Gasteiger partial charge in [-0.2, -0.15) is 0 Å². The largest absolute Gasteiger partial charge is 0.462 e. The predicted molar refractivity (Wildman–Crippen MR) is 123 cm³/mol. The molecule has 2 aromatic rings. The van der Waals surface area contributed by atoms with Crippen molar-refractivity contribution in [1.82, 2.24) is 4.90 Å². The van der Waals surface area contributed by atoms with Crippen LogP contribution in [0.1, 0.15) is 53.3 Å². The molecule has 0 aromatic heterocycles. The second-order valence-electron chi connectivity index (χ2n) is 7.63. The molecule has 0 atom stereocenters. The average Bonchev–Trinajstić information content (AvgIpc) is 2.80. The second kappa shape index (κ2) is 11.1. The van der Waals surface area contributed by atoms with E-state index in [-0.39, 0.29) is 23.7 Å². The van der Waals surface area contributed by atoms with E-state index in [1.807, 2.05) is 19.1 Å². The molecule has 31 heavy (non-hydrogen) atoms. The van der Waals surface area contributed by atoms with Gasteiger partial charge in [0, 0.05) is 34.7 Å². The number of amides is 2. The zero-order chi connectivity index (χ0) is 22.2. The molecule has 0 bridgehead atoms. The van der Waals surface area contributed by atoms with Gasteiger partial charge in [0.2, 0.25) is 5.91 Å². The monoisotopic (exact) mass is 486 g/mol. The van der Waals surface area contributed by atoms with Crippen LogP contribution in [0.3, 0.4) is 0 Å². The highest BCUT2D eigenvalue weighted by molar-refractivity contribution is 9.10. The SMILES string of the molecule is CCCCOC(=O)c1ccc(NC(=O)C2CCN(C(=O)c3ccc(Br)cc3)CC2)cc1. The highest BCUT2D eigenvalue weighted by Crippen LogP contribution is 2.22. The van der Waals surface area contributed by atoms with Crippen LogP contribution in [0.25, 0.3) is 0 Å². The van der Waals surface area contributed by atoms with Crippen molar-refractivity contribution in [3.05, 3.63) is 64.1 Å². The summed E-state index contributed by atoms with van der Waals surface area (Å²) in [6.45, 7) is 3.55. The molecule has 3 rings (SSSR count). The maximum atomic E-state index is 12.6. The minimum Gasteiger partial charge on any atom is -0.462 e. The van der Waals surface area contributed by atoms with Gasteiger partial charge in [-0.25, -0.2) is 4.79 Å². The number of benzene rings is 2. The lowest BCUT2D eigenvalue weighted by molar-refractivity contribution is -0.121. The number of ether oxygens (including phenoxy) is 1. The molecule has 2 amide bonds. The van der Waals surface area contributed by atoms with Gasteiger partial charge in [0.05, 0.1) is 12.2 Å². The number of hydrogen-bond acceptors (Lipinski definition) is 4. The number of halogens is 1. The normalized spacial score (nSPS) is 14.2. The molecule has 0 unspecified atom stereocenters. The number of rotatable bonds is 7. The van der Waals surface area contributed by atoms with Crippen LogP contribution in [-0.4, -0.2) is 42.4 Å². The van der Waals surface area contributed by atoms with Crippen LogP contribution in [0.2, 0.25) is 0 Å². The third-order valence-electron chi connectivity index (χ3n) is 5.36. The van der Waals surface area contributed by atoms with E-state index >= 15 is 0 Å². The number of esters is 1. The third-order valence-corrected chi connectivity index (χ3v) is 5.89. The first-order valence-corrected chi connectivity index (χ1v) is 11.4. The molecule has 0 saturated carbocycles. The summed E-state index contributed by atoms with van der Waals surface area (Å²) in [6, 6.07) is 14.0. The summed E-state index contributed by atoms with van der Waals surface area (Å²) in [7, 11) is 0. The first kappa shape index (κ1) is 23.0. The van der Waals surface area contributed by atoms with Crippen LogP contribution in [0.15, 0.2) is 53.0 Å². The summed E-state index contributed by atoms with van der Waals surface area (Å²) in [5.74, 6) is -0.566. The molecule has 1 aliphatic heterocycles. The summed E-state index contributed by atoms with van der Waals surface area (Å²) in [5, 5.41) is 2.91. The molecule has 0 aliphatic carbocycles. The van der Waals surface area contributed by atoms with Gasteiger partial charge >= 0.3 is 5.97 Å². The van der Waals surface area contributed by atoms with E-state index in [0.717, 1.165) is 17.3 Å². The zero-order valence-electron chi connectivity index (χ0n) is 17.6. The fraction of sp³-hybridized carbons (Fsp3) is 0.375. The fourth-order valence-corrected chi connectivity index (χ4v) is 3.71. The Morgan fingerprint density at radius 2 is 1.61 bits per heavy atom. The number of unbranched alkanes of at least 4 members (excludes halogenated alkanes) is 1. The number of carbonyl (C=O) groups is 3. The highest BCUT2D eigenvalue weighted by Gasteiger charge is 2.28. The summed E-state index contributed by atoms with van der Waals surface area (Å²) in [4.78, 5) is 39.0. The lowest BCUT2D eigenvalue weighted by Gasteiger charge is -2.31. The maximum Gasteiger partial charge on any atom is 0.338 e. The average molecular weight is 487 g/mol. The van der Waals surface area contributed by atoms with Crippen LogP contribution >= 0.6 is 15.9 Å². The molecular formula is C24H27BrN2O4. The lowest BCUT2D eigenvalue weighted by atomic mass is 9.95. The highest BCUT2D eigenvalue weighted by atomic mass is 79.9. The number of carbonyl (C=O) groups excluding carboxylic acids is 3. The number of nitrogens with zero attached hydrogens (tertiary/aromatic N) is 1. The van der Waals surface area contributed by atoms with Gasteiger partial charge in [-0.3, -0.25) is 9.59 Å². The van der Waals surface area contributed by atoms with E-state index in [2.05, 4.69) is 21.2 Å². The zero-order valence-corrected chi connectivity index (χ0v) is 19.2. The molecule has 0 radical (unpaired) electrons. The minimum absolute atomic E-state index is 0.00669. The number of likely N-dealkylation sites (tertiary alicyclic amines) is 1. The first-order valence-electron chi connectivity index (χ1n) is 10.6. The van der Waals surface area contributed by atoms with Gasteiger partial charge < -0.3 is 15.0 Å². The van der Waals surface area contributed by atoms with E-state index in [4.69, 9.17) is 4.74 Å². The Kier molecular flexibility index (Phi) is 8.23. The Balaban J connectivity index is 1.48. The van der Waals surface area contributed by atoms with Crippen molar-refractivity contribution in [2.45, 2.75) is 32.6 Å². The first-order chi connectivity index (χ1) is 15.0. The van der Waals surface area contributed by atoms with Crippen LogP contribution < -0.4 is 5.32 Å². The van der Waals surface area contributed by atoms with E-state index in [9.17, 15) is 14.4 Å². The molecule has 2 aromatic carbocycles. The molecule has 1 saturated heterocycles. The van der Waals surface area contributed by atoms with E-state index in [1.165, 1.54) is 0 Å². The Morgan fingerprint density at radius 1 is 1.00 bits per heavy atom. The molecule has 1 N–H and O–H groups in total. The molecule has 1 fully saturated rings. The molecule has 6 nitrogen and oxygen atoms in total. The number of nitrogens with one attached hydrogen (secondary N) is 1. The topological polar surface area (TPSA) is 75.7 Å². The smallest absolute Gasteiger partial charge is 0.338 e. The second-order valence-corrected chi connectivity index (χ2v) is 8.55. The van der Waals surface area contributed by atoms with Crippen molar-refractivity contribution in [1.29, 1.82) is 0 Å². The van der Waals surface area contributed by atoms with Crippen molar-refractivity contribution in [3.63, 3.8) is 0 Å². The van der Waals surface area contributed by atoms with Crippen LogP contribution in [0.4, 0.5) is 5.69 Å². The summed E-state index contributed by atoms with van der Waals surface area (Å²) >= 11 is 3.37. The van der Waals surface area contributed by atoms with Gasteiger partial charge in [-0.05, 0) is 67.8 Å². The van der Waals surface area contributed by atoms with E-state index < -0.39 is 0 Å². The van der Waals surface area contributed by atoms with Gasteiger partial charge in [-0.15, -0.1) is 0 Å². The van der Waals surface area contributed by atoms with E-state index in [0.29, 0.717) is 49.4 Å². The van der Waals surface area contributed by atoms with Gasteiger partial charge in [0.15, 0.2) is 0 Å². The van der Waals surface area contributed by atoms with E-state index in [1.54, 1.807) is 41.3 Å². The molecule has 1 heterocycles. The van der Waals surface area contributed by atoms with Crippen molar-refractivity contribution < 1.29 is 19.1 Å². The van der Waals surface area contributed by atoms with Crippen molar-refractivity contribution in [2.75, 3.05) is 25.0 Å². The fourth-order valence-electron chi connectivity index (χ4n) is 3.45. The maximum absolute atomic E-state index is 12.6. The Labute approximate surface area is 191 Å². The molecule has 0 spiro atoms. The number of piperidine rings is 1. The standard InChI is InChI=1S/C24H27BrN2O4/c1-2-3-16-31-24(30)19-6-10-21(11-7-19)26-22(28)17-12-14-27(15-13-17)23(29)18-4-8-20(25)9-5-18/h4-11,17H,2-3,12-16H2,1H3,(H,26,28). The van der Waals surface area contributed by atoms with Crippen LogP contribution in [0.5, 0.6) is 0 Å². The summed E-state index contributed by atoms with van der Waals surface area (Å²) in [6.07, 6.45) is 3.05. The van der Waals surface area contributed by atoms with Crippen LogP contribution in [-0.2, 0) is 9.53 Å². The van der Waals surface area contributed by atoms with Crippen LogP contribution in [0, 0.1) is 5.92 Å². The molecule has 1 aliphatic rings. The molecule has 164 valence electrons. The van der Waals surface area contributed by atoms with Crippen molar-refractivity contribution in [2.24, 2.45) is 5.92 Å². The van der Waals surface area contributed by atoms with Gasteiger partial charge in [0.25, 0.3) is 5.91 Å². The summed E-state index contributed by atoms with van der Waals surface area (Å²) < 4.78 is 6.12. The third kappa shape index (κ3) is 6.40. The van der Waals surface area contributed by atoms with Gasteiger partial charge in [-0.1, -0.05) is 29.3 Å². The Morgan fingerprint density at radius 3 is 2.23 bits per heavy atom. The Bertz CT molecular complexity index is 904. The number of hydrogen-bond donors (Lipinski definition) is 1. The Hall–Kier alpha value is -2.67. The summed E-state index contributed by atoms with van der Waals surface area (Å²) in [5.41, 5.74) is 1.76. The molecular weight excluding hydrogens is 460 g/mol.